The molecule has 0 radical (unpaired) electrons. The smallest absolute Gasteiger partial charge is 0.257 e. The average Bonchev–Trinajstić information content (AvgIpc) is 3.17. The van der Waals surface area contributed by atoms with Crippen molar-refractivity contribution in [2.45, 2.75) is 18.9 Å². The molecular weight excluding hydrogens is 237 g/mol. The van der Waals surface area contributed by atoms with E-state index in [9.17, 15) is 9.18 Å². The first-order valence-electron chi connectivity index (χ1n) is 5.85. The molecule has 1 heterocycles. The Morgan fingerprint density at radius 2 is 2.39 bits per heavy atom. The molecule has 0 aliphatic heterocycles. The van der Waals surface area contributed by atoms with Crippen molar-refractivity contribution < 1.29 is 13.9 Å². The monoisotopic (exact) mass is 253 g/mol. The fourth-order valence-corrected chi connectivity index (χ4v) is 1.81. The van der Waals surface area contributed by atoms with Gasteiger partial charge in [0.15, 0.2) is 11.6 Å². The van der Waals surface area contributed by atoms with Crippen molar-refractivity contribution in [3.8, 4) is 0 Å². The molecule has 0 saturated heterocycles. The highest BCUT2D eigenvalue weighted by Gasteiger charge is 2.34. The Bertz CT molecular complexity index is 449. The Morgan fingerprint density at radius 1 is 1.67 bits per heavy atom. The predicted molar refractivity (Wildman–Crippen MR) is 64.5 cm³/mol. The maximum atomic E-state index is 13.8. The van der Waals surface area contributed by atoms with E-state index < -0.39 is 5.82 Å². The third-order valence-corrected chi connectivity index (χ3v) is 2.93. The molecule has 1 aliphatic rings. The van der Waals surface area contributed by atoms with E-state index in [0.717, 1.165) is 12.8 Å². The number of nitrogens with zero attached hydrogens (tertiary/aromatic N) is 2. The number of rotatable bonds is 5. The van der Waals surface area contributed by atoms with Crippen LogP contribution in [0.2, 0.25) is 0 Å². The summed E-state index contributed by atoms with van der Waals surface area (Å²) in [7, 11) is 1.57. The minimum Gasteiger partial charge on any atom is -0.383 e. The maximum Gasteiger partial charge on any atom is 0.257 e. The van der Waals surface area contributed by atoms with Crippen molar-refractivity contribution in [3.05, 3.63) is 23.6 Å². The van der Waals surface area contributed by atoms with E-state index >= 15 is 0 Å². The van der Waals surface area contributed by atoms with Gasteiger partial charge in [0.1, 0.15) is 0 Å². The summed E-state index contributed by atoms with van der Waals surface area (Å²) in [6.07, 6.45) is 3.25. The second-order valence-corrected chi connectivity index (χ2v) is 4.28. The van der Waals surface area contributed by atoms with Gasteiger partial charge >= 0.3 is 0 Å². The van der Waals surface area contributed by atoms with E-state index in [1.54, 1.807) is 12.0 Å². The number of methoxy groups -OCH3 is 1. The number of carbonyl (C=O) groups is 1. The van der Waals surface area contributed by atoms with E-state index in [-0.39, 0.29) is 23.3 Å². The minimum atomic E-state index is -0.745. The quantitative estimate of drug-likeness (QED) is 0.851. The third-order valence-electron chi connectivity index (χ3n) is 2.93. The van der Waals surface area contributed by atoms with Gasteiger partial charge in [0, 0.05) is 25.9 Å². The molecule has 6 heteroatoms. The van der Waals surface area contributed by atoms with Gasteiger partial charge in [-0.1, -0.05) is 0 Å². The highest BCUT2D eigenvalue weighted by molar-refractivity contribution is 5.95. The molecule has 2 rings (SSSR count). The number of aromatic nitrogens is 1. The Balaban J connectivity index is 2.19. The Kier molecular flexibility index (Phi) is 3.76. The lowest BCUT2D eigenvalue weighted by atomic mass is 10.2. The lowest BCUT2D eigenvalue weighted by Crippen LogP contribution is -2.36. The molecule has 0 unspecified atom stereocenters. The highest BCUT2D eigenvalue weighted by Crippen LogP contribution is 2.28. The summed E-state index contributed by atoms with van der Waals surface area (Å²) in [5.74, 6) is -1.34. The number of nitrogen functional groups attached to an aromatic ring is 1. The first-order valence-corrected chi connectivity index (χ1v) is 5.85. The molecular formula is C12H16FN3O2. The lowest BCUT2D eigenvalue weighted by Gasteiger charge is -2.22. The molecule has 5 nitrogen and oxygen atoms in total. The number of anilines is 1. The summed E-state index contributed by atoms with van der Waals surface area (Å²) in [5.41, 5.74) is 5.35. The van der Waals surface area contributed by atoms with E-state index in [2.05, 4.69) is 4.98 Å². The van der Waals surface area contributed by atoms with Gasteiger partial charge in [-0.3, -0.25) is 4.79 Å². The van der Waals surface area contributed by atoms with Crippen LogP contribution in [0.25, 0.3) is 0 Å². The van der Waals surface area contributed by atoms with Gasteiger partial charge in [-0.25, -0.2) is 9.37 Å². The Hall–Kier alpha value is -1.69. The molecule has 18 heavy (non-hydrogen) atoms. The van der Waals surface area contributed by atoms with Gasteiger partial charge in [-0.2, -0.15) is 0 Å². The SMILES string of the molecule is COCCN(C(=O)c1ccnc(N)c1F)C1CC1. The minimum absolute atomic E-state index is 0.0227. The van der Waals surface area contributed by atoms with Crippen LogP contribution in [0.1, 0.15) is 23.2 Å². The standard InChI is InChI=1S/C12H16FN3O2/c1-18-7-6-16(8-2-3-8)12(17)9-4-5-15-11(14)10(9)13/h4-5,8H,2-3,6-7H2,1H3,(H2,14,15). The second-order valence-electron chi connectivity index (χ2n) is 4.28. The molecule has 1 fully saturated rings. The lowest BCUT2D eigenvalue weighted by molar-refractivity contribution is 0.0675. The second kappa shape index (κ2) is 5.30. The summed E-state index contributed by atoms with van der Waals surface area (Å²) in [6.45, 7) is 0.895. The number of carbonyl (C=O) groups excluding carboxylic acids is 1. The van der Waals surface area contributed by atoms with Crippen LogP contribution < -0.4 is 5.73 Å². The zero-order chi connectivity index (χ0) is 13.1. The number of ether oxygens (including phenoxy) is 1. The van der Waals surface area contributed by atoms with Gasteiger partial charge < -0.3 is 15.4 Å². The van der Waals surface area contributed by atoms with Crippen LogP contribution in [-0.4, -0.2) is 42.1 Å². The largest absolute Gasteiger partial charge is 0.383 e. The summed E-state index contributed by atoms with van der Waals surface area (Å²) < 4.78 is 18.7. The molecule has 2 N–H and O–H groups in total. The fraction of sp³-hybridized carbons (Fsp3) is 0.500. The number of hydrogen-bond donors (Lipinski definition) is 1. The van der Waals surface area contributed by atoms with Crippen molar-refractivity contribution in [2.24, 2.45) is 0 Å². The van der Waals surface area contributed by atoms with Crippen molar-refractivity contribution in [2.75, 3.05) is 26.0 Å². The zero-order valence-corrected chi connectivity index (χ0v) is 10.2. The van der Waals surface area contributed by atoms with Crippen molar-refractivity contribution in [1.29, 1.82) is 0 Å². The molecule has 1 aliphatic carbocycles. The number of hydrogen-bond acceptors (Lipinski definition) is 4. The average molecular weight is 253 g/mol. The topological polar surface area (TPSA) is 68.5 Å². The van der Waals surface area contributed by atoms with E-state index in [4.69, 9.17) is 10.5 Å². The van der Waals surface area contributed by atoms with Crippen LogP contribution in [-0.2, 0) is 4.74 Å². The maximum absolute atomic E-state index is 13.8. The summed E-state index contributed by atoms with van der Waals surface area (Å²) in [4.78, 5) is 17.5. The van der Waals surface area contributed by atoms with Crippen LogP contribution in [0.15, 0.2) is 12.3 Å². The number of halogens is 1. The normalized spacial score (nSPS) is 14.6. The number of pyridine rings is 1. The van der Waals surface area contributed by atoms with Crippen LogP contribution in [0.3, 0.4) is 0 Å². The van der Waals surface area contributed by atoms with Crippen LogP contribution in [0.5, 0.6) is 0 Å². The zero-order valence-electron chi connectivity index (χ0n) is 10.2. The van der Waals surface area contributed by atoms with E-state index in [1.807, 2.05) is 0 Å². The molecule has 1 amide bonds. The third kappa shape index (κ3) is 2.59. The first-order chi connectivity index (χ1) is 8.65. The van der Waals surface area contributed by atoms with Gasteiger partial charge in [-0.15, -0.1) is 0 Å². The van der Waals surface area contributed by atoms with E-state index in [1.165, 1.54) is 12.3 Å². The van der Waals surface area contributed by atoms with E-state index in [0.29, 0.717) is 13.2 Å². The molecule has 0 aromatic carbocycles. The Morgan fingerprint density at radius 3 is 3.00 bits per heavy atom. The summed E-state index contributed by atoms with van der Waals surface area (Å²) in [6, 6.07) is 1.55. The predicted octanol–water partition coefficient (Wildman–Crippen LogP) is 1.05. The molecule has 0 bridgehead atoms. The van der Waals surface area contributed by atoms with Gasteiger partial charge in [0.2, 0.25) is 0 Å². The summed E-state index contributed by atoms with van der Waals surface area (Å²) in [5, 5.41) is 0. The van der Waals surface area contributed by atoms with Gasteiger partial charge in [0.05, 0.1) is 12.2 Å². The Labute approximate surface area is 105 Å². The highest BCUT2D eigenvalue weighted by atomic mass is 19.1. The molecule has 1 aromatic rings. The number of nitrogens with two attached hydrogens (primary N) is 1. The first kappa shape index (κ1) is 12.8. The fourth-order valence-electron chi connectivity index (χ4n) is 1.81. The van der Waals surface area contributed by atoms with Crippen molar-refractivity contribution in [3.63, 3.8) is 0 Å². The van der Waals surface area contributed by atoms with Gasteiger partial charge in [-0.05, 0) is 18.9 Å². The molecule has 1 saturated carbocycles. The molecule has 0 atom stereocenters. The summed E-state index contributed by atoms with van der Waals surface area (Å²) >= 11 is 0. The van der Waals surface area contributed by atoms with Crippen molar-refractivity contribution >= 4 is 11.7 Å². The molecule has 0 spiro atoms. The van der Waals surface area contributed by atoms with Crippen LogP contribution in [0, 0.1) is 5.82 Å². The molecule has 1 aromatic heterocycles. The van der Waals surface area contributed by atoms with Crippen molar-refractivity contribution in [1.82, 2.24) is 9.88 Å². The van der Waals surface area contributed by atoms with Crippen LogP contribution >= 0.6 is 0 Å². The van der Waals surface area contributed by atoms with Gasteiger partial charge in [0.25, 0.3) is 5.91 Å². The number of amides is 1. The molecule has 98 valence electrons. The van der Waals surface area contributed by atoms with Crippen LogP contribution in [0.4, 0.5) is 10.2 Å².